The Morgan fingerprint density at radius 1 is 1.03 bits per heavy atom. The van der Waals surface area contributed by atoms with E-state index in [9.17, 15) is 13.5 Å². The number of anilines is 1. The predicted octanol–water partition coefficient (Wildman–Crippen LogP) is 3.83. The van der Waals surface area contributed by atoms with E-state index in [1.165, 1.54) is 4.31 Å². The van der Waals surface area contributed by atoms with E-state index in [2.05, 4.69) is 4.90 Å². The van der Waals surface area contributed by atoms with Gasteiger partial charge in [0.25, 0.3) is 10.0 Å². The highest BCUT2D eigenvalue weighted by Gasteiger charge is 2.29. The molecule has 2 aromatic rings. The van der Waals surface area contributed by atoms with Crippen molar-refractivity contribution in [2.45, 2.75) is 45.6 Å². The van der Waals surface area contributed by atoms with E-state index < -0.39 is 10.0 Å². The molecule has 0 bridgehead atoms. The smallest absolute Gasteiger partial charge is 0.264 e. The van der Waals surface area contributed by atoms with Crippen molar-refractivity contribution >= 4 is 15.7 Å². The van der Waals surface area contributed by atoms with Crippen molar-refractivity contribution in [1.82, 2.24) is 4.90 Å². The van der Waals surface area contributed by atoms with Crippen LogP contribution < -0.4 is 4.31 Å². The lowest BCUT2D eigenvalue weighted by Crippen LogP contribution is -2.40. The molecule has 2 aromatic carbocycles. The molecule has 0 saturated carbocycles. The van der Waals surface area contributed by atoms with Crippen molar-refractivity contribution in [3.05, 3.63) is 58.7 Å². The molecular formula is C25H36N2O4S. The van der Waals surface area contributed by atoms with E-state index in [4.69, 9.17) is 4.74 Å². The van der Waals surface area contributed by atoms with Crippen LogP contribution in [0.2, 0.25) is 0 Å². The van der Waals surface area contributed by atoms with Gasteiger partial charge in [-0.3, -0.25) is 9.21 Å². The van der Waals surface area contributed by atoms with Crippen molar-refractivity contribution < 1.29 is 18.3 Å². The van der Waals surface area contributed by atoms with Gasteiger partial charge in [0.1, 0.15) is 0 Å². The minimum Gasteiger partial charge on any atom is -0.394 e. The van der Waals surface area contributed by atoms with Crippen LogP contribution in [0, 0.1) is 26.7 Å². The van der Waals surface area contributed by atoms with Gasteiger partial charge in [0.2, 0.25) is 0 Å². The van der Waals surface area contributed by atoms with E-state index in [1.54, 1.807) is 12.1 Å². The van der Waals surface area contributed by atoms with Crippen LogP contribution in [0.25, 0.3) is 0 Å². The van der Waals surface area contributed by atoms with E-state index in [1.807, 2.05) is 58.9 Å². The average molecular weight is 461 g/mol. The summed E-state index contributed by atoms with van der Waals surface area (Å²) >= 11 is 0. The zero-order chi connectivity index (χ0) is 23.5. The maximum Gasteiger partial charge on any atom is 0.264 e. The third-order valence-corrected chi connectivity index (χ3v) is 7.78. The quantitative estimate of drug-likeness (QED) is 0.648. The molecule has 1 aliphatic rings. The average Bonchev–Trinajstić information content (AvgIpc) is 2.74. The van der Waals surface area contributed by atoms with Crippen molar-refractivity contribution in [1.29, 1.82) is 0 Å². The lowest BCUT2D eigenvalue weighted by Gasteiger charge is -2.34. The predicted molar refractivity (Wildman–Crippen MR) is 129 cm³/mol. The summed E-state index contributed by atoms with van der Waals surface area (Å²) in [5.41, 5.74) is 4.58. The number of morpholine rings is 1. The second kappa shape index (κ2) is 10.3. The Balaban J connectivity index is 1.99. The number of ether oxygens (including phenoxy) is 1. The highest BCUT2D eigenvalue weighted by atomic mass is 32.2. The Morgan fingerprint density at radius 3 is 2.28 bits per heavy atom. The van der Waals surface area contributed by atoms with Crippen molar-refractivity contribution in [2.75, 3.05) is 43.8 Å². The summed E-state index contributed by atoms with van der Waals surface area (Å²) in [5, 5.41) is 10.1. The standard InChI is InChI=1S/C25H36N2O4S/c1-18(2)16-27(24-9-6-19(3)14-21(24)5)32(29,30)22-7-8-23(20(4)15-22)25(17-28)26-10-12-31-13-11-26/h6-9,14-15,18,25,28H,10-13,16-17H2,1-5H3. The lowest BCUT2D eigenvalue weighted by molar-refractivity contribution is 0.00243. The molecule has 0 aliphatic carbocycles. The van der Waals surface area contributed by atoms with Crippen LogP contribution >= 0.6 is 0 Å². The van der Waals surface area contributed by atoms with Gasteiger partial charge in [-0.2, -0.15) is 0 Å². The summed E-state index contributed by atoms with van der Waals surface area (Å²) in [4.78, 5) is 2.47. The fourth-order valence-electron chi connectivity index (χ4n) is 4.35. The first-order chi connectivity index (χ1) is 15.1. The Bertz CT molecular complexity index is 1030. The van der Waals surface area contributed by atoms with Crippen LogP contribution in [-0.2, 0) is 14.8 Å². The van der Waals surface area contributed by atoms with E-state index in [0.29, 0.717) is 25.4 Å². The molecule has 1 aliphatic heterocycles. The number of rotatable bonds is 8. The minimum absolute atomic E-state index is 0.0189. The second-order valence-electron chi connectivity index (χ2n) is 9.09. The van der Waals surface area contributed by atoms with Crippen LogP contribution in [0.15, 0.2) is 41.3 Å². The molecule has 0 radical (unpaired) electrons. The van der Waals surface area contributed by atoms with Crippen molar-refractivity contribution in [3.8, 4) is 0 Å². The van der Waals surface area contributed by atoms with Gasteiger partial charge < -0.3 is 9.84 Å². The molecule has 0 aromatic heterocycles. The molecule has 1 N–H and O–H groups in total. The highest BCUT2D eigenvalue weighted by Crippen LogP contribution is 2.31. The molecule has 32 heavy (non-hydrogen) atoms. The summed E-state index contributed by atoms with van der Waals surface area (Å²) in [6.07, 6.45) is 0. The van der Waals surface area contributed by atoms with Crippen molar-refractivity contribution in [2.24, 2.45) is 5.92 Å². The number of sulfonamides is 1. The lowest BCUT2D eigenvalue weighted by atomic mass is 10.00. The summed E-state index contributed by atoms with van der Waals surface area (Å²) < 4.78 is 34.5. The van der Waals surface area contributed by atoms with Gasteiger partial charge in [0.05, 0.1) is 36.4 Å². The van der Waals surface area contributed by atoms with Crippen LogP contribution in [0.3, 0.4) is 0 Å². The Kier molecular flexibility index (Phi) is 7.98. The van der Waals surface area contributed by atoms with Crippen LogP contribution in [-0.4, -0.2) is 57.9 Å². The largest absolute Gasteiger partial charge is 0.394 e. The molecule has 1 heterocycles. The maximum absolute atomic E-state index is 13.8. The second-order valence-corrected chi connectivity index (χ2v) is 10.9. The number of aryl methyl sites for hydroxylation is 3. The van der Waals surface area contributed by atoms with Gasteiger partial charge in [-0.1, -0.05) is 37.6 Å². The van der Waals surface area contributed by atoms with Crippen LogP contribution in [0.1, 0.15) is 42.1 Å². The van der Waals surface area contributed by atoms with Gasteiger partial charge >= 0.3 is 0 Å². The molecule has 0 spiro atoms. The molecule has 1 atom stereocenters. The zero-order valence-electron chi connectivity index (χ0n) is 19.8. The first-order valence-corrected chi connectivity index (χ1v) is 12.7. The molecule has 3 rings (SSSR count). The summed E-state index contributed by atoms with van der Waals surface area (Å²) in [6.45, 7) is 13.1. The first kappa shape index (κ1) is 24.7. The van der Waals surface area contributed by atoms with E-state index in [0.717, 1.165) is 35.3 Å². The minimum atomic E-state index is -3.74. The third-order valence-electron chi connectivity index (χ3n) is 6.00. The molecule has 1 fully saturated rings. The van der Waals surface area contributed by atoms with E-state index >= 15 is 0 Å². The molecule has 6 nitrogen and oxygen atoms in total. The van der Waals surface area contributed by atoms with Gasteiger partial charge in [0.15, 0.2) is 0 Å². The molecule has 1 unspecified atom stereocenters. The Morgan fingerprint density at radius 2 is 1.72 bits per heavy atom. The van der Waals surface area contributed by atoms with Gasteiger partial charge in [-0.15, -0.1) is 0 Å². The first-order valence-electron chi connectivity index (χ1n) is 11.3. The molecule has 1 saturated heterocycles. The number of hydrogen-bond donors (Lipinski definition) is 1. The molecule has 7 heteroatoms. The van der Waals surface area contributed by atoms with Gasteiger partial charge in [0, 0.05) is 19.6 Å². The maximum atomic E-state index is 13.8. The number of nitrogens with zero attached hydrogens (tertiary/aromatic N) is 2. The fourth-order valence-corrected chi connectivity index (χ4v) is 6.13. The normalized spacial score (nSPS) is 16.3. The number of benzene rings is 2. The zero-order valence-corrected chi connectivity index (χ0v) is 20.7. The Labute approximate surface area is 192 Å². The number of aliphatic hydroxyl groups excluding tert-OH is 1. The fraction of sp³-hybridized carbons (Fsp3) is 0.520. The van der Waals surface area contributed by atoms with Gasteiger partial charge in [-0.25, -0.2) is 8.42 Å². The SMILES string of the molecule is Cc1ccc(N(CC(C)C)S(=O)(=O)c2ccc(C(CO)N3CCOCC3)c(C)c2)c(C)c1. The third kappa shape index (κ3) is 5.34. The number of hydrogen-bond acceptors (Lipinski definition) is 5. The van der Waals surface area contributed by atoms with Crippen LogP contribution in [0.5, 0.6) is 0 Å². The number of aliphatic hydroxyl groups is 1. The summed E-state index contributed by atoms with van der Waals surface area (Å²) in [7, 11) is -3.74. The summed E-state index contributed by atoms with van der Waals surface area (Å²) in [5.74, 6) is 0.172. The molecule has 176 valence electrons. The summed E-state index contributed by atoms with van der Waals surface area (Å²) in [6, 6.07) is 11.0. The topological polar surface area (TPSA) is 70.1 Å². The Hall–Kier alpha value is -1.93. The molecule has 0 amide bonds. The van der Waals surface area contributed by atoms with Crippen LogP contribution in [0.4, 0.5) is 5.69 Å². The van der Waals surface area contributed by atoms with Gasteiger partial charge in [-0.05, 0) is 61.6 Å². The monoisotopic (exact) mass is 460 g/mol. The van der Waals surface area contributed by atoms with E-state index in [-0.39, 0.29) is 23.5 Å². The van der Waals surface area contributed by atoms with Crippen molar-refractivity contribution in [3.63, 3.8) is 0 Å². The molecular weight excluding hydrogens is 424 g/mol. The highest BCUT2D eigenvalue weighted by molar-refractivity contribution is 7.92.